The summed E-state index contributed by atoms with van der Waals surface area (Å²) in [5.41, 5.74) is 5.09. The van der Waals surface area contributed by atoms with Gasteiger partial charge in [-0.15, -0.1) is 0 Å². The number of pyridine rings is 1. The second-order valence-electron chi connectivity index (χ2n) is 9.91. The lowest BCUT2D eigenvalue weighted by atomic mass is 9.95. The Kier molecular flexibility index (Phi) is 5.70. The molecule has 38 heavy (non-hydrogen) atoms. The van der Waals surface area contributed by atoms with E-state index >= 15 is 0 Å². The normalized spacial score (nSPS) is 18.5. The number of carbonyl (C=O) groups excluding carboxylic acids is 2. The number of hydrogen-bond acceptors (Lipinski definition) is 7. The Labute approximate surface area is 218 Å². The fraction of sp³-hybridized carbons (Fsp3) is 0.333. The first-order valence-electron chi connectivity index (χ1n) is 12.6. The van der Waals surface area contributed by atoms with Gasteiger partial charge in [-0.05, 0) is 52.4 Å². The van der Waals surface area contributed by atoms with Gasteiger partial charge in [0.25, 0.3) is 5.91 Å². The fourth-order valence-corrected chi connectivity index (χ4v) is 5.55. The molecule has 1 saturated carbocycles. The number of benzene rings is 1. The molecule has 3 aliphatic rings. The number of nitrogens with zero attached hydrogens (tertiary/aromatic N) is 6. The van der Waals surface area contributed by atoms with Crippen LogP contribution in [-0.2, 0) is 17.6 Å². The summed E-state index contributed by atoms with van der Waals surface area (Å²) in [4.78, 5) is 43.5. The van der Waals surface area contributed by atoms with Crippen LogP contribution in [0.25, 0.3) is 5.69 Å². The molecule has 6 rings (SSSR count). The van der Waals surface area contributed by atoms with Crippen LogP contribution in [-0.4, -0.2) is 66.0 Å². The third-order valence-electron chi connectivity index (χ3n) is 7.61. The molecular formula is C27H26N6O5. The van der Waals surface area contributed by atoms with Crippen molar-refractivity contribution in [1.82, 2.24) is 24.6 Å². The third kappa shape index (κ3) is 4.00. The lowest BCUT2D eigenvalue weighted by Crippen LogP contribution is -2.45. The van der Waals surface area contributed by atoms with Crippen LogP contribution in [0.4, 0.5) is 5.82 Å². The molecule has 0 bridgehead atoms. The number of amides is 2. The molecule has 1 atom stereocenters. The molecular weight excluding hydrogens is 488 g/mol. The van der Waals surface area contributed by atoms with Crippen molar-refractivity contribution in [3.8, 4) is 11.4 Å². The highest BCUT2D eigenvalue weighted by atomic mass is 16.6. The lowest BCUT2D eigenvalue weighted by molar-refractivity contribution is -0.390. The van der Waals surface area contributed by atoms with E-state index in [1.54, 1.807) is 9.80 Å². The maximum absolute atomic E-state index is 13.6. The summed E-state index contributed by atoms with van der Waals surface area (Å²) in [6.45, 7) is 4.65. The molecule has 1 aliphatic carbocycles. The SMILES string of the molecule is C=CC(=O)N1CCc2nn(-c3ccc(C4CC4)cc3)c3c2C(C1)N(C(=O)c1cnc([N+](=O)[O-])c(O)c1)CC3. The molecule has 11 nitrogen and oxygen atoms in total. The smallest absolute Gasteiger partial charge is 0.405 e. The zero-order valence-corrected chi connectivity index (χ0v) is 20.6. The van der Waals surface area contributed by atoms with Crippen molar-refractivity contribution < 1.29 is 19.6 Å². The molecule has 2 aliphatic heterocycles. The fourth-order valence-electron chi connectivity index (χ4n) is 5.55. The van der Waals surface area contributed by atoms with Gasteiger partial charge in [-0.2, -0.15) is 5.10 Å². The highest BCUT2D eigenvalue weighted by molar-refractivity contribution is 5.95. The average molecular weight is 515 g/mol. The number of hydrogen-bond donors (Lipinski definition) is 1. The van der Waals surface area contributed by atoms with Crippen molar-refractivity contribution in [3.05, 3.63) is 87.4 Å². The van der Waals surface area contributed by atoms with Crippen molar-refractivity contribution in [2.45, 2.75) is 37.6 Å². The van der Waals surface area contributed by atoms with Gasteiger partial charge < -0.3 is 25.0 Å². The van der Waals surface area contributed by atoms with Crippen LogP contribution < -0.4 is 0 Å². The van der Waals surface area contributed by atoms with Crippen molar-refractivity contribution in [2.24, 2.45) is 0 Å². The van der Waals surface area contributed by atoms with Crippen LogP contribution >= 0.6 is 0 Å². The third-order valence-corrected chi connectivity index (χ3v) is 7.61. The molecule has 2 aromatic heterocycles. The molecule has 11 heteroatoms. The summed E-state index contributed by atoms with van der Waals surface area (Å²) in [6, 6.07) is 9.06. The van der Waals surface area contributed by atoms with E-state index in [-0.39, 0.29) is 18.0 Å². The molecule has 1 fully saturated rings. The van der Waals surface area contributed by atoms with Gasteiger partial charge in [0, 0.05) is 44.1 Å². The number of aromatic hydroxyl groups is 1. The second kappa shape index (κ2) is 9.09. The minimum Gasteiger partial charge on any atom is -0.501 e. The topological polar surface area (TPSA) is 135 Å². The van der Waals surface area contributed by atoms with Gasteiger partial charge in [-0.25, -0.2) is 4.68 Å². The Bertz CT molecular complexity index is 1480. The molecule has 0 spiro atoms. The van der Waals surface area contributed by atoms with Crippen LogP contribution in [0.15, 0.2) is 49.2 Å². The zero-order chi connectivity index (χ0) is 26.6. The molecule has 4 heterocycles. The maximum atomic E-state index is 13.6. The van der Waals surface area contributed by atoms with E-state index < -0.39 is 28.4 Å². The molecule has 1 N–H and O–H groups in total. The number of aromatic nitrogens is 3. The Morgan fingerprint density at radius 1 is 1.16 bits per heavy atom. The summed E-state index contributed by atoms with van der Waals surface area (Å²) in [5.74, 6) is -1.39. The number of nitro groups is 1. The summed E-state index contributed by atoms with van der Waals surface area (Å²) in [6.07, 6.45) is 5.90. The predicted molar refractivity (Wildman–Crippen MR) is 136 cm³/mol. The first-order valence-corrected chi connectivity index (χ1v) is 12.6. The first-order chi connectivity index (χ1) is 18.4. The van der Waals surface area contributed by atoms with Gasteiger partial charge >= 0.3 is 5.82 Å². The van der Waals surface area contributed by atoms with E-state index in [1.165, 1.54) is 24.5 Å². The van der Waals surface area contributed by atoms with Crippen LogP contribution in [0.2, 0.25) is 0 Å². The van der Waals surface area contributed by atoms with Crippen LogP contribution in [0, 0.1) is 10.1 Å². The molecule has 194 valence electrons. The first kappa shape index (κ1) is 23.8. The second-order valence-corrected chi connectivity index (χ2v) is 9.91. The molecule has 1 aromatic carbocycles. The maximum Gasteiger partial charge on any atom is 0.405 e. The largest absolute Gasteiger partial charge is 0.501 e. The number of rotatable bonds is 5. The molecule has 1 unspecified atom stereocenters. The summed E-state index contributed by atoms with van der Waals surface area (Å²) >= 11 is 0. The van der Waals surface area contributed by atoms with E-state index in [4.69, 9.17) is 5.10 Å². The van der Waals surface area contributed by atoms with Crippen LogP contribution in [0.1, 0.15) is 57.7 Å². The average Bonchev–Trinajstić information content (AvgIpc) is 3.73. The Hall–Kier alpha value is -4.54. The van der Waals surface area contributed by atoms with Crippen LogP contribution in [0.5, 0.6) is 5.75 Å². The van der Waals surface area contributed by atoms with Crippen LogP contribution in [0.3, 0.4) is 0 Å². The summed E-state index contributed by atoms with van der Waals surface area (Å²) in [5, 5.41) is 26.1. The van der Waals surface area contributed by atoms with E-state index in [0.29, 0.717) is 31.8 Å². The molecule has 0 saturated heterocycles. The molecule has 0 radical (unpaired) electrons. The monoisotopic (exact) mass is 514 g/mol. The standard InChI is InChI=1S/C27H26N6O5/c1-2-24(35)30-11-9-20-25-21(32(29-20)19-7-5-17(6-8-19)16-3-4-16)10-12-31(22(25)15-30)27(36)18-13-23(34)26(28-14-18)33(37)38/h2,5-8,13-14,16,22,34H,1,3-4,9-12,15H2. The van der Waals surface area contributed by atoms with E-state index in [2.05, 4.69) is 35.8 Å². The quantitative estimate of drug-likeness (QED) is 0.314. The predicted octanol–water partition coefficient (Wildman–Crippen LogP) is 3.07. The van der Waals surface area contributed by atoms with Gasteiger partial charge in [0.05, 0.1) is 28.7 Å². The Morgan fingerprint density at radius 3 is 2.58 bits per heavy atom. The highest BCUT2D eigenvalue weighted by Crippen LogP contribution is 2.41. The van der Waals surface area contributed by atoms with Crippen molar-refractivity contribution in [3.63, 3.8) is 0 Å². The molecule has 2 amide bonds. The van der Waals surface area contributed by atoms with Crippen molar-refractivity contribution in [1.29, 1.82) is 0 Å². The minimum absolute atomic E-state index is 0.0343. The number of carbonyl (C=O) groups is 2. The Balaban J connectivity index is 1.39. The summed E-state index contributed by atoms with van der Waals surface area (Å²) in [7, 11) is 0. The van der Waals surface area contributed by atoms with E-state index in [1.807, 2.05) is 4.68 Å². The van der Waals surface area contributed by atoms with Crippen molar-refractivity contribution in [2.75, 3.05) is 19.6 Å². The molecule has 3 aromatic rings. The van der Waals surface area contributed by atoms with Gasteiger partial charge in [0.2, 0.25) is 11.7 Å². The minimum atomic E-state index is -0.807. The Morgan fingerprint density at radius 2 is 1.92 bits per heavy atom. The van der Waals surface area contributed by atoms with Gasteiger partial charge in [-0.3, -0.25) is 9.59 Å². The van der Waals surface area contributed by atoms with Gasteiger partial charge in [0.1, 0.15) is 0 Å². The summed E-state index contributed by atoms with van der Waals surface area (Å²) < 4.78 is 1.96. The van der Waals surface area contributed by atoms with Gasteiger partial charge in [0.15, 0.2) is 6.20 Å². The zero-order valence-electron chi connectivity index (χ0n) is 20.6. The van der Waals surface area contributed by atoms with E-state index in [9.17, 15) is 24.8 Å². The highest BCUT2D eigenvalue weighted by Gasteiger charge is 2.40. The van der Waals surface area contributed by atoms with E-state index in [0.717, 1.165) is 34.9 Å². The lowest BCUT2D eigenvalue weighted by Gasteiger charge is -2.37. The van der Waals surface area contributed by atoms with Crippen molar-refractivity contribution >= 4 is 17.6 Å². The van der Waals surface area contributed by atoms with Gasteiger partial charge in [-0.1, -0.05) is 18.7 Å².